The number of esters is 4. The standard InChI is InChI=1S/C80H156O17P2/c1-8-10-11-12-13-14-15-16-17-23-26-29-32-40-47-54-61-77(82)90-67-75(96-79(84)63-56-49-41-33-30-27-24-21-19-18-20-22-25-28-31-37-44-51-58-71(3)4)69-94-98(86,87)92-65-74(81)66-93-99(88,89)95-70-76(68-91-78(83)62-55-48-43-36-38-45-52-59-72(5)6)97-80(85)64-57-50-42-35-34-39-46-53-60-73(7)9-2/h71-76,81H,8-70H2,1-7H3,(H,86,87)(H,88,89)/t73?,74-,75-,76-/m1/s1. The van der Waals surface area contributed by atoms with E-state index >= 15 is 0 Å². The van der Waals surface area contributed by atoms with Crippen LogP contribution in [0.2, 0.25) is 0 Å². The minimum atomic E-state index is -4.96. The summed E-state index contributed by atoms with van der Waals surface area (Å²) in [6.07, 6.45) is 58.4. The van der Waals surface area contributed by atoms with Crippen LogP contribution in [0.4, 0.5) is 0 Å². The maximum absolute atomic E-state index is 13.1. The molecule has 0 spiro atoms. The Kier molecular flexibility index (Phi) is 69.0. The molecule has 0 radical (unpaired) electrons. The van der Waals surface area contributed by atoms with Gasteiger partial charge in [0.25, 0.3) is 0 Å². The number of rotatable bonds is 78. The van der Waals surface area contributed by atoms with Crippen LogP contribution in [-0.2, 0) is 65.4 Å². The van der Waals surface area contributed by atoms with Crippen LogP contribution in [-0.4, -0.2) is 96.7 Å². The summed E-state index contributed by atoms with van der Waals surface area (Å²) in [6, 6.07) is 0. The molecule has 0 aromatic rings. The molecule has 3 unspecified atom stereocenters. The van der Waals surface area contributed by atoms with E-state index in [1.165, 1.54) is 218 Å². The number of carbonyl (C=O) groups excluding carboxylic acids is 4. The van der Waals surface area contributed by atoms with Crippen molar-refractivity contribution in [1.82, 2.24) is 0 Å². The Morgan fingerprint density at radius 2 is 0.515 bits per heavy atom. The molecule has 3 N–H and O–H groups in total. The zero-order valence-electron chi connectivity index (χ0n) is 65.0. The van der Waals surface area contributed by atoms with Gasteiger partial charge in [0.2, 0.25) is 0 Å². The summed E-state index contributed by atoms with van der Waals surface area (Å²) in [5.74, 6) is 0.180. The maximum atomic E-state index is 13.1. The average Bonchev–Trinajstić information content (AvgIpc) is 0.973. The lowest BCUT2D eigenvalue weighted by atomic mass is 9.99. The van der Waals surface area contributed by atoms with E-state index < -0.39 is 97.5 Å². The molecular weight excluding hydrogens is 1290 g/mol. The Hall–Kier alpha value is -1.94. The van der Waals surface area contributed by atoms with Gasteiger partial charge in [-0.3, -0.25) is 37.3 Å². The smallest absolute Gasteiger partial charge is 0.462 e. The Bertz CT molecular complexity index is 1920. The van der Waals surface area contributed by atoms with Crippen molar-refractivity contribution in [1.29, 1.82) is 0 Å². The Balaban J connectivity index is 5.22. The van der Waals surface area contributed by atoms with Gasteiger partial charge in [0.1, 0.15) is 19.3 Å². The molecule has 19 heteroatoms. The van der Waals surface area contributed by atoms with Gasteiger partial charge in [-0.2, -0.15) is 0 Å². The molecule has 6 atom stereocenters. The fourth-order valence-corrected chi connectivity index (χ4v) is 13.9. The van der Waals surface area contributed by atoms with Gasteiger partial charge in [-0.15, -0.1) is 0 Å². The van der Waals surface area contributed by atoms with E-state index in [2.05, 4.69) is 48.5 Å². The lowest BCUT2D eigenvalue weighted by molar-refractivity contribution is -0.161. The third-order valence-electron chi connectivity index (χ3n) is 19.0. The number of hydrogen-bond donors (Lipinski definition) is 3. The van der Waals surface area contributed by atoms with Crippen molar-refractivity contribution in [3.63, 3.8) is 0 Å². The molecule has 0 fully saturated rings. The molecule has 99 heavy (non-hydrogen) atoms. The first-order valence-electron chi connectivity index (χ1n) is 41.4. The first-order chi connectivity index (χ1) is 47.8. The molecule has 0 rings (SSSR count). The molecule has 0 amide bonds. The zero-order valence-corrected chi connectivity index (χ0v) is 66.8. The third kappa shape index (κ3) is 72.8. The number of aliphatic hydroxyl groups is 1. The molecular formula is C80H156O17P2. The van der Waals surface area contributed by atoms with E-state index in [0.717, 1.165) is 108 Å². The number of aliphatic hydroxyl groups excluding tert-OH is 1. The van der Waals surface area contributed by atoms with Crippen molar-refractivity contribution in [3.05, 3.63) is 0 Å². The monoisotopic (exact) mass is 1450 g/mol. The number of phosphoric acid groups is 2. The van der Waals surface area contributed by atoms with Crippen molar-refractivity contribution in [3.8, 4) is 0 Å². The molecule has 0 bridgehead atoms. The Morgan fingerprint density at radius 3 is 0.768 bits per heavy atom. The van der Waals surface area contributed by atoms with Gasteiger partial charge in [0.15, 0.2) is 12.2 Å². The highest BCUT2D eigenvalue weighted by molar-refractivity contribution is 7.47. The predicted molar refractivity (Wildman–Crippen MR) is 405 cm³/mol. The van der Waals surface area contributed by atoms with Gasteiger partial charge in [-0.25, -0.2) is 9.13 Å². The van der Waals surface area contributed by atoms with Crippen molar-refractivity contribution >= 4 is 39.5 Å². The molecule has 17 nitrogen and oxygen atoms in total. The van der Waals surface area contributed by atoms with Crippen LogP contribution in [0.25, 0.3) is 0 Å². The van der Waals surface area contributed by atoms with Gasteiger partial charge in [-0.1, -0.05) is 363 Å². The van der Waals surface area contributed by atoms with Crippen LogP contribution < -0.4 is 0 Å². The number of phosphoric ester groups is 2. The van der Waals surface area contributed by atoms with Crippen molar-refractivity contribution in [2.24, 2.45) is 17.8 Å². The van der Waals surface area contributed by atoms with E-state index in [0.29, 0.717) is 31.6 Å². The normalized spacial score (nSPS) is 14.3. The minimum absolute atomic E-state index is 0.104. The lowest BCUT2D eigenvalue weighted by Crippen LogP contribution is -2.30. The number of carbonyl (C=O) groups is 4. The SMILES string of the molecule is CCCCCCCCCCCCCCCCCCC(=O)OC[C@H](COP(=O)(O)OC[C@@H](O)COP(=O)(O)OC[C@@H](COC(=O)CCCCCCCCCC(C)C)OC(=O)CCCCCCCCCCC(C)CC)OC(=O)CCCCCCCCCCCCCCCCCCCCC(C)C. The Morgan fingerprint density at radius 1 is 0.293 bits per heavy atom. The van der Waals surface area contributed by atoms with E-state index in [1.54, 1.807) is 0 Å². The summed E-state index contributed by atoms with van der Waals surface area (Å²) in [7, 11) is -9.92. The number of unbranched alkanes of at least 4 members (excludes halogenated alkanes) is 45. The highest BCUT2D eigenvalue weighted by Crippen LogP contribution is 2.45. The molecule has 0 saturated heterocycles. The fourth-order valence-electron chi connectivity index (χ4n) is 12.3. The zero-order chi connectivity index (χ0) is 73.0. The largest absolute Gasteiger partial charge is 0.472 e. The number of ether oxygens (including phenoxy) is 4. The molecule has 0 saturated carbocycles. The summed E-state index contributed by atoms with van der Waals surface area (Å²) in [4.78, 5) is 72.9. The summed E-state index contributed by atoms with van der Waals surface area (Å²) < 4.78 is 68.6. The highest BCUT2D eigenvalue weighted by atomic mass is 31.2. The quantitative estimate of drug-likeness (QED) is 0.0222. The van der Waals surface area contributed by atoms with Crippen LogP contribution in [0.3, 0.4) is 0 Å². The van der Waals surface area contributed by atoms with Crippen LogP contribution >= 0.6 is 15.6 Å². The third-order valence-corrected chi connectivity index (χ3v) is 20.9. The summed E-state index contributed by atoms with van der Waals surface area (Å²) in [6.45, 7) is 11.9. The van der Waals surface area contributed by atoms with Gasteiger partial charge in [0.05, 0.1) is 26.4 Å². The van der Waals surface area contributed by atoms with Crippen LogP contribution in [0.1, 0.15) is 414 Å². The van der Waals surface area contributed by atoms with Crippen molar-refractivity contribution < 1.29 is 80.2 Å². The molecule has 0 aliphatic heterocycles. The molecule has 0 aliphatic rings. The summed E-state index contributed by atoms with van der Waals surface area (Å²) in [5.41, 5.74) is 0. The molecule has 0 aromatic heterocycles. The van der Waals surface area contributed by atoms with E-state index in [4.69, 9.17) is 37.0 Å². The van der Waals surface area contributed by atoms with E-state index in [1.807, 2.05) is 0 Å². The average molecular weight is 1450 g/mol. The van der Waals surface area contributed by atoms with Gasteiger partial charge in [0, 0.05) is 25.7 Å². The first-order valence-corrected chi connectivity index (χ1v) is 44.4. The van der Waals surface area contributed by atoms with Crippen LogP contribution in [0.5, 0.6) is 0 Å². The van der Waals surface area contributed by atoms with Crippen LogP contribution in [0, 0.1) is 17.8 Å². The van der Waals surface area contributed by atoms with E-state index in [9.17, 15) is 43.2 Å². The predicted octanol–water partition coefficient (Wildman–Crippen LogP) is 23.7. The summed E-state index contributed by atoms with van der Waals surface area (Å²) >= 11 is 0. The maximum Gasteiger partial charge on any atom is 0.472 e. The van der Waals surface area contributed by atoms with Crippen molar-refractivity contribution in [2.75, 3.05) is 39.6 Å². The summed E-state index contributed by atoms with van der Waals surface area (Å²) in [5, 5.41) is 10.6. The lowest BCUT2D eigenvalue weighted by Gasteiger charge is -2.21. The van der Waals surface area contributed by atoms with Gasteiger partial charge in [-0.05, 0) is 43.4 Å². The first kappa shape index (κ1) is 97.1. The minimum Gasteiger partial charge on any atom is -0.462 e. The second-order valence-electron chi connectivity index (χ2n) is 30.0. The second-order valence-corrected chi connectivity index (χ2v) is 32.9. The second kappa shape index (κ2) is 70.4. The Labute approximate surface area is 607 Å². The molecule has 0 aromatic carbocycles. The van der Waals surface area contributed by atoms with Crippen molar-refractivity contribution in [2.45, 2.75) is 433 Å². The van der Waals surface area contributed by atoms with E-state index in [-0.39, 0.29) is 25.7 Å². The molecule has 0 heterocycles. The van der Waals surface area contributed by atoms with Gasteiger partial charge >= 0.3 is 39.5 Å². The highest BCUT2D eigenvalue weighted by Gasteiger charge is 2.30. The van der Waals surface area contributed by atoms with Gasteiger partial charge < -0.3 is 33.8 Å². The number of hydrogen-bond acceptors (Lipinski definition) is 15. The molecule has 0 aliphatic carbocycles. The topological polar surface area (TPSA) is 237 Å². The molecule has 588 valence electrons. The fraction of sp³-hybridized carbons (Fsp3) is 0.950. The van der Waals surface area contributed by atoms with Crippen LogP contribution in [0.15, 0.2) is 0 Å².